The predicted octanol–water partition coefficient (Wildman–Crippen LogP) is 0.456. The molecule has 2 nitrogen and oxygen atoms in total. The third-order valence-corrected chi connectivity index (χ3v) is 2.32. The van der Waals surface area contributed by atoms with Gasteiger partial charge in [0.05, 0.1) is 18.9 Å². The van der Waals surface area contributed by atoms with E-state index in [0.29, 0.717) is 24.4 Å². The van der Waals surface area contributed by atoms with E-state index in [1.54, 1.807) is 12.1 Å². The lowest BCUT2D eigenvalue weighted by Gasteiger charge is -2.29. The van der Waals surface area contributed by atoms with Gasteiger partial charge in [-0.05, 0) is 12.1 Å². The molecule has 0 atom stereocenters. The van der Waals surface area contributed by atoms with Crippen LogP contribution in [0.25, 0.3) is 0 Å². The molecule has 0 saturated carbocycles. The molecule has 1 aliphatic heterocycles. The Morgan fingerprint density at radius 2 is 2.00 bits per heavy atom. The molecule has 72 valence electrons. The van der Waals surface area contributed by atoms with E-state index in [9.17, 15) is 4.39 Å². The van der Waals surface area contributed by atoms with Crippen LogP contribution in [0.1, 0.15) is 0 Å². The molecule has 14 heavy (non-hydrogen) atoms. The highest BCUT2D eigenvalue weighted by molar-refractivity contribution is 6.32. The number of hydrogen-bond donors (Lipinski definition) is 0. The van der Waals surface area contributed by atoms with E-state index in [-0.39, 0.29) is 5.82 Å². The maximum absolute atomic E-state index is 13.5. The maximum Gasteiger partial charge on any atom is 0.145 e. The lowest BCUT2D eigenvalue weighted by Crippen LogP contribution is -2.36. The molecule has 0 bridgehead atoms. The van der Waals surface area contributed by atoms with Crippen molar-refractivity contribution in [2.24, 2.45) is 0 Å². The highest BCUT2D eigenvalue weighted by atomic mass is 19.1. The van der Waals surface area contributed by atoms with E-state index in [0.717, 1.165) is 13.1 Å². The van der Waals surface area contributed by atoms with Gasteiger partial charge in [0, 0.05) is 13.1 Å². The summed E-state index contributed by atoms with van der Waals surface area (Å²) < 4.78 is 18.7. The van der Waals surface area contributed by atoms with Crippen molar-refractivity contribution >= 4 is 19.0 Å². The zero-order valence-corrected chi connectivity index (χ0v) is 7.87. The largest absolute Gasteiger partial charge is 0.378 e. The topological polar surface area (TPSA) is 12.5 Å². The average Bonchev–Trinajstić information content (AvgIpc) is 2.19. The molecule has 1 aliphatic rings. The van der Waals surface area contributed by atoms with Crippen molar-refractivity contribution in [2.75, 3.05) is 31.2 Å². The number of halogens is 1. The van der Waals surface area contributed by atoms with E-state index >= 15 is 0 Å². The molecule has 2 rings (SSSR count). The summed E-state index contributed by atoms with van der Waals surface area (Å²) in [7, 11) is 5.47. The average molecular weight is 191 g/mol. The Hall–Kier alpha value is -1.03. The highest BCUT2D eigenvalue weighted by Gasteiger charge is 2.14. The van der Waals surface area contributed by atoms with Gasteiger partial charge in [0.2, 0.25) is 0 Å². The van der Waals surface area contributed by atoms with Crippen LogP contribution in [0.15, 0.2) is 18.2 Å². The van der Waals surface area contributed by atoms with Gasteiger partial charge in [-0.15, -0.1) is 0 Å². The SMILES string of the molecule is [B]c1ccc(N2CCOCC2)c(F)c1. The Morgan fingerprint density at radius 1 is 1.29 bits per heavy atom. The Kier molecular flexibility index (Phi) is 2.73. The molecule has 0 N–H and O–H groups in total. The fourth-order valence-corrected chi connectivity index (χ4v) is 1.58. The fraction of sp³-hybridized carbons (Fsp3) is 0.400. The van der Waals surface area contributed by atoms with Crippen molar-refractivity contribution in [3.63, 3.8) is 0 Å². The molecule has 2 radical (unpaired) electrons. The lowest BCUT2D eigenvalue weighted by atomic mass is 9.96. The maximum atomic E-state index is 13.5. The molecule has 1 aromatic carbocycles. The second-order valence-corrected chi connectivity index (χ2v) is 3.31. The number of ether oxygens (including phenoxy) is 1. The Labute approximate surface area is 84.1 Å². The van der Waals surface area contributed by atoms with E-state index < -0.39 is 0 Å². The van der Waals surface area contributed by atoms with Gasteiger partial charge in [0.25, 0.3) is 0 Å². The predicted molar refractivity (Wildman–Crippen MR) is 54.8 cm³/mol. The van der Waals surface area contributed by atoms with Gasteiger partial charge in [-0.1, -0.05) is 11.5 Å². The summed E-state index contributed by atoms with van der Waals surface area (Å²) in [6, 6.07) is 4.79. The van der Waals surface area contributed by atoms with Crippen LogP contribution >= 0.6 is 0 Å². The minimum absolute atomic E-state index is 0.257. The lowest BCUT2D eigenvalue weighted by molar-refractivity contribution is 0.122. The standard InChI is InChI=1S/C10H11BFNO/c11-8-1-2-10(9(12)7-8)13-3-5-14-6-4-13/h1-2,7H,3-6H2. The van der Waals surface area contributed by atoms with Gasteiger partial charge in [0.1, 0.15) is 13.7 Å². The summed E-state index contributed by atoms with van der Waals surface area (Å²) in [5.74, 6) is -0.257. The summed E-state index contributed by atoms with van der Waals surface area (Å²) in [5, 5.41) is 0. The number of anilines is 1. The molecule has 0 amide bonds. The fourth-order valence-electron chi connectivity index (χ4n) is 1.58. The van der Waals surface area contributed by atoms with Crippen molar-refractivity contribution in [1.82, 2.24) is 0 Å². The second-order valence-electron chi connectivity index (χ2n) is 3.31. The van der Waals surface area contributed by atoms with Crippen LogP contribution in [0.5, 0.6) is 0 Å². The van der Waals surface area contributed by atoms with Crippen LogP contribution in [0.4, 0.5) is 10.1 Å². The normalized spacial score (nSPS) is 17.1. The first-order valence-corrected chi connectivity index (χ1v) is 4.65. The molecule has 1 fully saturated rings. The minimum atomic E-state index is -0.257. The molecule has 0 spiro atoms. The summed E-state index contributed by atoms with van der Waals surface area (Å²) >= 11 is 0. The second kappa shape index (κ2) is 4.01. The monoisotopic (exact) mass is 191 g/mol. The number of hydrogen-bond acceptors (Lipinski definition) is 2. The molecule has 0 unspecified atom stereocenters. The molecular formula is C10H11BFNO. The Morgan fingerprint density at radius 3 is 2.64 bits per heavy atom. The van der Waals surface area contributed by atoms with Crippen molar-refractivity contribution in [2.45, 2.75) is 0 Å². The van der Waals surface area contributed by atoms with Gasteiger partial charge >= 0.3 is 0 Å². The molecule has 1 heterocycles. The molecule has 0 aromatic heterocycles. The van der Waals surface area contributed by atoms with Crippen LogP contribution in [-0.2, 0) is 4.74 Å². The van der Waals surface area contributed by atoms with E-state index in [2.05, 4.69) is 0 Å². The highest BCUT2D eigenvalue weighted by Crippen LogP contribution is 2.18. The molecule has 1 saturated heterocycles. The van der Waals surface area contributed by atoms with E-state index in [1.807, 2.05) is 4.90 Å². The smallest absolute Gasteiger partial charge is 0.145 e. The van der Waals surface area contributed by atoms with Gasteiger partial charge in [-0.25, -0.2) is 4.39 Å². The Bertz CT molecular complexity index is 326. The quantitative estimate of drug-likeness (QED) is 0.597. The Balaban J connectivity index is 2.22. The summed E-state index contributed by atoms with van der Waals surface area (Å²) in [6.45, 7) is 2.79. The first-order valence-electron chi connectivity index (χ1n) is 4.65. The van der Waals surface area contributed by atoms with Crippen LogP contribution < -0.4 is 10.4 Å². The number of rotatable bonds is 1. The summed E-state index contributed by atoms with van der Waals surface area (Å²) in [6.07, 6.45) is 0. The summed E-state index contributed by atoms with van der Waals surface area (Å²) in [4.78, 5) is 1.97. The molecular weight excluding hydrogens is 180 g/mol. The van der Waals surface area contributed by atoms with Crippen molar-refractivity contribution in [3.8, 4) is 0 Å². The van der Waals surface area contributed by atoms with Crippen molar-refractivity contribution in [1.29, 1.82) is 0 Å². The number of morpholine rings is 1. The molecule has 1 aromatic rings. The zero-order valence-electron chi connectivity index (χ0n) is 7.87. The van der Waals surface area contributed by atoms with Crippen molar-refractivity contribution in [3.05, 3.63) is 24.0 Å². The van der Waals surface area contributed by atoms with Crippen LogP contribution in [-0.4, -0.2) is 34.1 Å². The first kappa shape index (κ1) is 9.53. The minimum Gasteiger partial charge on any atom is -0.378 e. The zero-order chi connectivity index (χ0) is 9.97. The van der Waals surface area contributed by atoms with Gasteiger partial charge in [-0.3, -0.25) is 0 Å². The van der Waals surface area contributed by atoms with Crippen LogP contribution in [0, 0.1) is 5.82 Å². The van der Waals surface area contributed by atoms with Crippen LogP contribution in [0.3, 0.4) is 0 Å². The van der Waals surface area contributed by atoms with E-state index in [4.69, 9.17) is 12.6 Å². The third-order valence-electron chi connectivity index (χ3n) is 2.32. The number of benzene rings is 1. The van der Waals surface area contributed by atoms with Crippen molar-refractivity contribution < 1.29 is 9.13 Å². The van der Waals surface area contributed by atoms with Gasteiger partial charge in [-0.2, -0.15) is 0 Å². The van der Waals surface area contributed by atoms with Crippen LogP contribution in [0.2, 0.25) is 0 Å². The molecule has 4 heteroatoms. The van der Waals surface area contributed by atoms with Gasteiger partial charge in [0.15, 0.2) is 0 Å². The first-order chi connectivity index (χ1) is 6.77. The number of nitrogens with zero attached hydrogens (tertiary/aromatic N) is 1. The van der Waals surface area contributed by atoms with Gasteiger partial charge < -0.3 is 9.64 Å². The summed E-state index contributed by atoms with van der Waals surface area (Å²) in [5.41, 5.74) is 1.07. The molecule has 0 aliphatic carbocycles. The van der Waals surface area contributed by atoms with E-state index in [1.165, 1.54) is 6.07 Å². The third kappa shape index (κ3) is 1.90.